The fourth-order valence-corrected chi connectivity index (χ4v) is 2.66. The highest BCUT2D eigenvalue weighted by Crippen LogP contribution is 2.31. The summed E-state index contributed by atoms with van der Waals surface area (Å²) in [5.74, 6) is 0.233. The Labute approximate surface area is 112 Å². The first-order chi connectivity index (χ1) is 8.08. The van der Waals surface area contributed by atoms with Gasteiger partial charge < -0.3 is 5.11 Å². The first kappa shape index (κ1) is 13.0. The van der Waals surface area contributed by atoms with E-state index in [9.17, 15) is 5.11 Å². The van der Waals surface area contributed by atoms with Gasteiger partial charge in [0.2, 0.25) is 0 Å². The van der Waals surface area contributed by atoms with Gasteiger partial charge in [-0.1, -0.05) is 29.6 Å². The van der Waals surface area contributed by atoms with Crippen molar-refractivity contribution in [2.75, 3.05) is 6.54 Å². The predicted octanol–water partition coefficient (Wildman–Crippen LogP) is 4.07. The van der Waals surface area contributed by atoms with E-state index in [1.54, 1.807) is 6.07 Å². The molecule has 0 bridgehead atoms. The predicted molar refractivity (Wildman–Crippen MR) is 71.8 cm³/mol. The molecule has 1 N–H and O–H groups in total. The lowest BCUT2D eigenvalue weighted by atomic mass is 10.0. The molecule has 1 aromatic carbocycles. The van der Waals surface area contributed by atoms with Crippen LogP contribution in [0.15, 0.2) is 12.1 Å². The third-order valence-corrected chi connectivity index (χ3v) is 4.16. The van der Waals surface area contributed by atoms with Crippen molar-refractivity contribution in [2.24, 2.45) is 0 Å². The van der Waals surface area contributed by atoms with E-state index < -0.39 is 0 Å². The van der Waals surface area contributed by atoms with Gasteiger partial charge in [-0.15, -0.1) is 0 Å². The Morgan fingerprint density at radius 2 is 2.00 bits per heavy atom. The highest BCUT2D eigenvalue weighted by atomic mass is 35.5. The van der Waals surface area contributed by atoms with Crippen LogP contribution in [0, 0.1) is 0 Å². The zero-order valence-corrected chi connectivity index (χ0v) is 11.4. The molecular formula is C13H17Cl2NO. The summed E-state index contributed by atoms with van der Waals surface area (Å²) in [6.07, 6.45) is 3.75. The van der Waals surface area contributed by atoms with Gasteiger partial charge in [0.1, 0.15) is 5.75 Å². The molecule has 2 rings (SSSR count). The van der Waals surface area contributed by atoms with E-state index in [4.69, 9.17) is 23.2 Å². The lowest BCUT2D eigenvalue weighted by molar-refractivity contribution is 0.151. The average Bonchev–Trinajstić information content (AvgIpc) is 2.29. The van der Waals surface area contributed by atoms with Crippen molar-refractivity contribution in [1.29, 1.82) is 0 Å². The number of aromatic hydroxyl groups is 1. The number of likely N-dealkylation sites (tertiary alicyclic amines) is 1. The summed E-state index contributed by atoms with van der Waals surface area (Å²) in [5, 5.41) is 10.8. The van der Waals surface area contributed by atoms with Crippen LogP contribution in [0.4, 0.5) is 0 Å². The lowest BCUT2D eigenvalue weighted by Gasteiger charge is -2.33. The summed E-state index contributed by atoms with van der Waals surface area (Å²) in [4.78, 5) is 2.38. The van der Waals surface area contributed by atoms with Crippen molar-refractivity contribution in [1.82, 2.24) is 4.90 Å². The Hall–Kier alpha value is -0.440. The largest absolute Gasteiger partial charge is 0.508 e. The fourth-order valence-electron chi connectivity index (χ4n) is 2.32. The van der Waals surface area contributed by atoms with E-state index in [-0.39, 0.29) is 5.75 Å². The maximum absolute atomic E-state index is 9.86. The third-order valence-electron chi connectivity index (χ3n) is 3.44. The van der Waals surface area contributed by atoms with Crippen molar-refractivity contribution in [3.8, 4) is 5.75 Å². The molecule has 1 unspecified atom stereocenters. The fraction of sp³-hybridized carbons (Fsp3) is 0.538. The Morgan fingerprint density at radius 3 is 2.71 bits per heavy atom. The summed E-state index contributed by atoms with van der Waals surface area (Å²) < 4.78 is 0. The molecule has 1 aliphatic rings. The zero-order chi connectivity index (χ0) is 12.4. The van der Waals surface area contributed by atoms with Crippen LogP contribution in [0.1, 0.15) is 31.7 Å². The van der Waals surface area contributed by atoms with Crippen LogP contribution in [0.5, 0.6) is 5.75 Å². The number of hydrogen-bond acceptors (Lipinski definition) is 2. The third kappa shape index (κ3) is 3.06. The molecular weight excluding hydrogens is 257 g/mol. The number of hydrogen-bond donors (Lipinski definition) is 1. The molecule has 0 radical (unpaired) electrons. The number of phenolic OH excluding ortho intramolecular Hbond substituents is 1. The minimum Gasteiger partial charge on any atom is -0.508 e. The van der Waals surface area contributed by atoms with Gasteiger partial charge in [-0.05, 0) is 32.4 Å². The van der Waals surface area contributed by atoms with Crippen LogP contribution < -0.4 is 0 Å². The van der Waals surface area contributed by atoms with E-state index in [0.717, 1.165) is 18.7 Å². The monoisotopic (exact) mass is 273 g/mol. The van der Waals surface area contributed by atoms with E-state index in [1.807, 2.05) is 0 Å². The quantitative estimate of drug-likeness (QED) is 0.878. The molecule has 1 aliphatic heterocycles. The Kier molecular flexibility index (Phi) is 4.18. The minimum atomic E-state index is 0.233. The number of nitrogens with zero attached hydrogens (tertiary/aromatic N) is 1. The van der Waals surface area contributed by atoms with E-state index in [0.29, 0.717) is 16.1 Å². The Balaban J connectivity index is 2.15. The molecule has 0 aromatic heterocycles. The highest BCUT2D eigenvalue weighted by molar-refractivity contribution is 6.42. The van der Waals surface area contributed by atoms with E-state index >= 15 is 0 Å². The first-order valence-electron chi connectivity index (χ1n) is 5.99. The second-order valence-electron chi connectivity index (χ2n) is 4.71. The van der Waals surface area contributed by atoms with Gasteiger partial charge >= 0.3 is 0 Å². The van der Waals surface area contributed by atoms with Gasteiger partial charge in [-0.3, -0.25) is 4.90 Å². The van der Waals surface area contributed by atoms with Crippen molar-refractivity contribution in [3.05, 3.63) is 27.7 Å². The molecule has 1 atom stereocenters. The molecule has 0 amide bonds. The maximum atomic E-state index is 9.86. The van der Waals surface area contributed by atoms with Gasteiger partial charge in [0, 0.05) is 24.2 Å². The standard InChI is InChI=1S/C13H17Cl2NO/c1-9-4-2-3-5-16(9)8-10-6-11(14)12(15)7-13(10)17/h6-7,9,17H,2-5,8H2,1H3. The SMILES string of the molecule is CC1CCCCN1Cc1cc(Cl)c(Cl)cc1O. The number of phenols is 1. The van der Waals surface area contributed by atoms with Crippen LogP contribution in [-0.4, -0.2) is 22.6 Å². The lowest BCUT2D eigenvalue weighted by Crippen LogP contribution is -2.36. The topological polar surface area (TPSA) is 23.5 Å². The van der Waals surface area contributed by atoms with Gasteiger partial charge in [0.05, 0.1) is 10.0 Å². The van der Waals surface area contributed by atoms with Crippen molar-refractivity contribution < 1.29 is 5.11 Å². The van der Waals surface area contributed by atoms with E-state index in [1.165, 1.54) is 25.3 Å². The minimum absolute atomic E-state index is 0.233. The average molecular weight is 274 g/mol. The van der Waals surface area contributed by atoms with Crippen LogP contribution in [0.3, 0.4) is 0 Å². The molecule has 0 aliphatic carbocycles. The number of piperidine rings is 1. The maximum Gasteiger partial charge on any atom is 0.121 e. The molecule has 0 saturated carbocycles. The molecule has 1 heterocycles. The Morgan fingerprint density at radius 1 is 1.29 bits per heavy atom. The smallest absolute Gasteiger partial charge is 0.121 e. The van der Waals surface area contributed by atoms with Crippen molar-refractivity contribution in [2.45, 2.75) is 38.8 Å². The number of rotatable bonds is 2. The molecule has 0 spiro atoms. The zero-order valence-electron chi connectivity index (χ0n) is 9.92. The first-order valence-corrected chi connectivity index (χ1v) is 6.74. The van der Waals surface area contributed by atoms with Gasteiger partial charge in [-0.2, -0.15) is 0 Å². The normalized spacial score (nSPS) is 21.7. The van der Waals surface area contributed by atoms with Gasteiger partial charge in [0.25, 0.3) is 0 Å². The molecule has 1 saturated heterocycles. The number of halogens is 2. The van der Waals surface area contributed by atoms with Crippen LogP contribution in [-0.2, 0) is 6.54 Å². The number of benzene rings is 1. The summed E-state index contributed by atoms with van der Waals surface area (Å²) in [5.41, 5.74) is 0.855. The van der Waals surface area contributed by atoms with Crippen LogP contribution >= 0.6 is 23.2 Å². The molecule has 4 heteroatoms. The van der Waals surface area contributed by atoms with Crippen molar-refractivity contribution in [3.63, 3.8) is 0 Å². The molecule has 1 aromatic rings. The van der Waals surface area contributed by atoms with Crippen LogP contribution in [0.25, 0.3) is 0 Å². The van der Waals surface area contributed by atoms with Gasteiger partial charge in [-0.25, -0.2) is 0 Å². The second kappa shape index (κ2) is 5.47. The molecule has 94 valence electrons. The molecule has 17 heavy (non-hydrogen) atoms. The van der Waals surface area contributed by atoms with Gasteiger partial charge in [0.15, 0.2) is 0 Å². The molecule has 2 nitrogen and oxygen atoms in total. The highest BCUT2D eigenvalue weighted by Gasteiger charge is 2.19. The summed E-state index contributed by atoms with van der Waals surface area (Å²) in [6.45, 7) is 4.05. The summed E-state index contributed by atoms with van der Waals surface area (Å²) in [6, 6.07) is 3.85. The summed E-state index contributed by atoms with van der Waals surface area (Å²) >= 11 is 11.8. The Bertz CT molecular complexity index is 409. The van der Waals surface area contributed by atoms with E-state index in [2.05, 4.69) is 11.8 Å². The molecule has 1 fully saturated rings. The second-order valence-corrected chi connectivity index (χ2v) is 5.52. The van der Waals surface area contributed by atoms with Crippen molar-refractivity contribution >= 4 is 23.2 Å². The van der Waals surface area contributed by atoms with Crippen LogP contribution in [0.2, 0.25) is 10.0 Å². The summed E-state index contributed by atoms with van der Waals surface area (Å²) in [7, 11) is 0.